The van der Waals surface area contributed by atoms with Crippen LogP contribution in [0.5, 0.6) is 0 Å². The lowest BCUT2D eigenvalue weighted by molar-refractivity contribution is 0.249. The fraction of sp³-hybridized carbons (Fsp3) is 0.647. The molecule has 3 rings (SSSR count). The zero-order chi connectivity index (χ0) is 14.1. The Kier molecular flexibility index (Phi) is 3.88. The number of rotatable bonds is 2. The number of nitrogens with zero attached hydrogens (tertiary/aromatic N) is 2. The minimum atomic E-state index is 0.615. The van der Waals surface area contributed by atoms with Gasteiger partial charge in [-0.3, -0.25) is 0 Å². The molecule has 2 heterocycles. The molecule has 1 aromatic carbocycles. The van der Waals surface area contributed by atoms with Gasteiger partial charge in [-0.15, -0.1) is 0 Å². The molecule has 0 aliphatic carbocycles. The summed E-state index contributed by atoms with van der Waals surface area (Å²) in [6.45, 7) is 4.64. The average molecular weight is 273 g/mol. The van der Waals surface area contributed by atoms with Crippen LogP contribution in [0.25, 0.3) is 0 Å². The predicted octanol–water partition coefficient (Wildman–Crippen LogP) is 2.96. The van der Waals surface area contributed by atoms with Crippen LogP contribution in [-0.4, -0.2) is 44.2 Å². The molecule has 1 atom stereocenters. The third-order valence-corrected chi connectivity index (χ3v) is 4.90. The summed E-state index contributed by atoms with van der Waals surface area (Å²) in [5, 5.41) is 3.59. The highest BCUT2D eigenvalue weighted by Crippen LogP contribution is 2.30. The van der Waals surface area contributed by atoms with Gasteiger partial charge in [0.05, 0.1) is 0 Å². The van der Waals surface area contributed by atoms with Gasteiger partial charge in [0.25, 0.3) is 0 Å². The quantitative estimate of drug-likeness (QED) is 0.894. The summed E-state index contributed by atoms with van der Waals surface area (Å²) >= 11 is 0. The van der Waals surface area contributed by atoms with Crippen molar-refractivity contribution in [1.82, 2.24) is 4.90 Å². The van der Waals surface area contributed by atoms with E-state index in [4.69, 9.17) is 0 Å². The zero-order valence-corrected chi connectivity index (χ0v) is 13.0. The van der Waals surface area contributed by atoms with Gasteiger partial charge in [0.15, 0.2) is 0 Å². The highest BCUT2D eigenvalue weighted by Gasteiger charge is 2.22. The third kappa shape index (κ3) is 2.78. The molecule has 1 saturated heterocycles. The van der Waals surface area contributed by atoms with Crippen molar-refractivity contribution in [3.8, 4) is 0 Å². The maximum atomic E-state index is 3.59. The molecule has 1 fully saturated rings. The molecule has 20 heavy (non-hydrogen) atoms. The van der Waals surface area contributed by atoms with Crippen LogP contribution in [0, 0.1) is 0 Å². The van der Waals surface area contributed by atoms with Gasteiger partial charge < -0.3 is 15.1 Å². The molecule has 0 saturated carbocycles. The summed E-state index contributed by atoms with van der Waals surface area (Å²) in [6, 6.07) is 8.35. The standard InChI is InChI=1S/C17H27N3/c1-13-4-5-14-12-16(6-7-17(14)18-13)20-10-8-15(9-11-20)19(2)3/h6-7,12-13,15,18H,4-5,8-11H2,1-3H3. The van der Waals surface area contributed by atoms with Crippen molar-refractivity contribution in [1.29, 1.82) is 0 Å². The molecule has 1 unspecified atom stereocenters. The Morgan fingerprint density at radius 1 is 1.15 bits per heavy atom. The monoisotopic (exact) mass is 273 g/mol. The fourth-order valence-electron chi connectivity index (χ4n) is 3.47. The summed E-state index contributed by atoms with van der Waals surface area (Å²) in [5.74, 6) is 0. The lowest BCUT2D eigenvalue weighted by Gasteiger charge is -2.37. The zero-order valence-electron chi connectivity index (χ0n) is 13.0. The Labute approximate surface area is 123 Å². The molecule has 0 radical (unpaired) electrons. The van der Waals surface area contributed by atoms with Gasteiger partial charge in [0.2, 0.25) is 0 Å². The van der Waals surface area contributed by atoms with Gasteiger partial charge >= 0.3 is 0 Å². The molecule has 3 nitrogen and oxygen atoms in total. The maximum absolute atomic E-state index is 3.59. The second-order valence-electron chi connectivity index (χ2n) is 6.61. The Morgan fingerprint density at radius 3 is 2.60 bits per heavy atom. The van der Waals surface area contributed by atoms with Gasteiger partial charge in [-0.25, -0.2) is 0 Å². The fourth-order valence-corrected chi connectivity index (χ4v) is 3.47. The van der Waals surface area contributed by atoms with E-state index in [1.165, 1.54) is 55.7 Å². The highest BCUT2D eigenvalue weighted by atomic mass is 15.2. The first kappa shape index (κ1) is 13.7. The van der Waals surface area contributed by atoms with Crippen molar-refractivity contribution in [2.45, 2.75) is 44.7 Å². The van der Waals surface area contributed by atoms with Crippen LogP contribution in [0.4, 0.5) is 11.4 Å². The van der Waals surface area contributed by atoms with E-state index in [0.717, 1.165) is 6.04 Å². The topological polar surface area (TPSA) is 18.5 Å². The smallest absolute Gasteiger partial charge is 0.0376 e. The third-order valence-electron chi connectivity index (χ3n) is 4.90. The Morgan fingerprint density at radius 2 is 1.90 bits per heavy atom. The summed E-state index contributed by atoms with van der Waals surface area (Å²) < 4.78 is 0. The van der Waals surface area contributed by atoms with E-state index in [1.807, 2.05) is 0 Å². The first-order valence-corrected chi connectivity index (χ1v) is 7.94. The number of anilines is 2. The summed E-state index contributed by atoms with van der Waals surface area (Å²) in [5.41, 5.74) is 4.25. The van der Waals surface area contributed by atoms with Crippen LogP contribution in [0.3, 0.4) is 0 Å². The molecule has 2 aliphatic heterocycles. The first-order chi connectivity index (χ1) is 9.63. The van der Waals surface area contributed by atoms with Crippen molar-refractivity contribution < 1.29 is 0 Å². The molecule has 0 amide bonds. The van der Waals surface area contributed by atoms with Crippen LogP contribution in [0.15, 0.2) is 18.2 Å². The van der Waals surface area contributed by atoms with Crippen LogP contribution < -0.4 is 10.2 Å². The summed E-state index contributed by atoms with van der Waals surface area (Å²) in [4.78, 5) is 4.92. The van der Waals surface area contributed by atoms with E-state index in [1.54, 1.807) is 0 Å². The van der Waals surface area contributed by atoms with Crippen LogP contribution in [-0.2, 0) is 6.42 Å². The average Bonchev–Trinajstić information content (AvgIpc) is 2.47. The minimum absolute atomic E-state index is 0.615. The van der Waals surface area contributed by atoms with Crippen molar-refractivity contribution >= 4 is 11.4 Å². The van der Waals surface area contributed by atoms with Gasteiger partial charge in [0, 0.05) is 36.5 Å². The largest absolute Gasteiger partial charge is 0.382 e. The predicted molar refractivity (Wildman–Crippen MR) is 86.8 cm³/mol. The molecule has 0 spiro atoms. The number of aryl methyl sites for hydroxylation is 1. The second kappa shape index (κ2) is 5.65. The van der Waals surface area contributed by atoms with Crippen LogP contribution >= 0.6 is 0 Å². The van der Waals surface area contributed by atoms with Gasteiger partial charge in [0.1, 0.15) is 0 Å². The molecule has 0 aromatic heterocycles. The molecule has 0 bridgehead atoms. The summed E-state index contributed by atoms with van der Waals surface area (Å²) in [7, 11) is 4.40. The molecule has 2 aliphatic rings. The van der Waals surface area contributed by atoms with Gasteiger partial charge in [-0.05, 0) is 70.5 Å². The lowest BCUT2D eigenvalue weighted by Crippen LogP contribution is -2.42. The number of hydrogen-bond acceptors (Lipinski definition) is 3. The summed E-state index contributed by atoms with van der Waals surface area (Å²) in [6.07, 6.45) is 5.02. The van der Waals surface area contributed by atoms with E-state index < -0.39 is 0 Å². The first-order valence-electron chi connectivity index (χ1n) is 7.94. The van der Waals surface area contributed by atoms with Crippen molar-refractivity contribution in [3.63, 3.8) is 0 Å². The SMILES string of the molecule is CC1CCc2cc(N3CCC(N(C)C)CC3)ccc2N1. The van der Waals surface area contributed by atoms with Crippen LogP contribution in [0.2, 0.25) is 0 Å². The maximum Gasteiger partial charge on any atom is 0.0376 e. The molecule has 110 valence electrons. The Balaban J connectivity index is 1.70. The normalized spacial score (nSPS) is 23.6. The molecule has 1 aromatic rings. The van der Waals surface area contributed by atoms with Crippen LogP contribution in [0.1, 0.15) is 31.7 Å². The number of nitrogens with one attached hydrogen (secondary N) is 1. The van der Waals surface area contributed by atoms with Gasteiger partial charge in [-0.1, -0.05) is 0 Å². The van der Waals surface area contributed by atoms with E-state index in [-0.39, 0.29) is 0 Å². The number of piperidine rings is 1. The molecule has 1 N–H and O–H groups in total. The Bertz CT molecular complexity index is 461. The lowest BCUT2D eigenvalue weighted by atomic mass is 9.97. The Hall–Kier alpha value is -1.22. The van der Waals surface area contributed by atoms with Crippen molar-refractivity contribution in [2.75, 3.05) is 37.4 Å². The molecular weight excluding hydrogens is 246 g/mol. The van der Waals surface area contributed by atoms with E-state index in [9.17, 15) is 0 Å². The van der Waals surface area contributed by atoms with Gasteiger partial charge in [-0.2, -0.15) is 0 Å². The number of fused-ring (bicyclic) bond motifs is 1. The van der Waals surface area contributed by atoms with E-state index >= 15 is 0 Å². The number of hydrogen-bond donors (Lipinski definition) is 1. The second-order valence-corrected chi connectivity index (χ2v) is 6.61. The van der Waals surface area contributed by atoms with E-state index in [0.29, 0.717) is 6.04 Å². The van der Waals surface area contributed by atoms with Crippen molar-refractivity contribution in [3.05, 3.63) is 23.8 Å². The van der Waals surface area contributed by atoms with E-state index in [2.05, 4.69) is 54.3 Å². The number of benzene rings is 1. The minimum Gasteiger partial charge on any atom is -0.382 e. The van der Waals surface area contributed by atoms with Crippen molar-refractivity contribution in [2.24, 2.45) is 0 Å². The molecule has 3 heteroatoms. The molecular formula is C17H27N3. The highest BCUT2D eigenvalue weighted by molar-refractivity contribution is 5.62.